The molecule has 0 aromatic heterocycles. The van der Waals surface area contributed by atoms with Crippen LogP contribution in [-0.4, -0.2) is 63.0 Å². The van der Waals surface area contributed by atoms with Gasteiger partial charge in [0.15, 0.2) is 0 Å². The average molecular weight is 494 g/mol. The number of rotatable bonds is 5. The van der Waals surface area contributed by atoms with Crippen molar-refractivity contribution in [1.82, 2.24) is 9.80 Å². The van der Waals surface area contributed by atoms with Crippen molar-refractivity contribution in [2.45, 2.75) is 17.5 Å². The van der Waals surface area contributed by atoms with Gasteiger partial charge in [-0.05, 0) is 48.9 Å². The van der Waals surface area contributed by atoms with Crippen LogP contribution in [0.5, 0.6) is 0 Å². The molecule has 1 fully saturated rings. The molecule has 0 atom stereocenters. The van der Waals surface area contributed by atoms with E-state index in [0.29, 0.717) is 6.42 Å². The number of amides is 1. The van der Waals surface area contributed by atoms with Gasteiger partial charge in [-0.25, -0.2) is 12.8 Å². The number of hydrogen-bond acceptors (Lipinski definition) is 4. The molecule has 0 aliphatic carbocycles. The number of nitrogens with zero attached hydrogens (tertiary/aromatic N) is 2. The van der Waals surface area contributed by atoms with Crippen molar-refractivity contribution in [2.24, 2.45) is 0 Å². The van der Waals surface area contributed by atoms with Crippen molar-refractivity contribution in [2.75, 3.05) is 37.4 Å². The third-order valence-electron chi connectivity index (χ3n) is 4.85. The third kappa shape index (κ3) is 6.33. The first-order valence-electron chi connectivity index (χ1n) is 9.61. The standard InChI is InChI=1S/C20H20ClF4N3O3S/c21-18-7-6-16(32(30,31)26-15-4-2-14(22)3-5-15)12-17(18)19(29)28-9-1-8-27(10-11-28)13-20(23,24)25/h2-7,12,26H,1,8-11,13H2. The van der Waals surface area contributed by atoms with E-state index in [4.69, 9.17) is 11.6 Å². The molecule has 0 saturated carbocycles. The van der Waals surface area contributed by atoms with E-state index in [9.17, 15) is 30.8 Å². The van der Waals surface area contributed by atoms with Gasteiger partial charge in [0.1, 0.15) is 5.82 Å². The van der Waals surface area contributed by atoms with Crippen LogP contribution in [0.15, 0.2) is 47.4 Å². The van der Waals surface area contributed by atoms with Crippen LogP contribution in [0.2, 0.25) is 5.02 Å². The van der Waals surface area contributed by atoms with Gasteiger partial charge >= 0.3 is 6.18 Å². The van der Waals surface area contributed by atoms with Crippen molar-refractivity contribution in [3.8, 4) is 0 Å². The van der Waals surface area contributed by atoms with Gasteiger partial charge in [-0.2, -0.15) is 13.2 Å². The van der Waals surface area contributed by atoms with E-state index in [1.165, 1.54) is 34.1 Å². The zero-order chi connectivity index (χ0) is 23.5. The molecule has 12 heteroatoms. The molecule has 1 saturated heterocycles. The van der Waals surface area contributed by atoms with Crippen LogP contribution in [0.25, 0.3) is 0 Å². The lowest BCUT2D eigenvalue weighted by molar-refractivity contribution is -0.145. The topological polar surface area (TPSA) is 69.7 Å². The lowest BCUT2D eigenvalue weighted by Gasteiger charge is -2.23. The van der Waals surface area contributed by atoms with E-state index < -0.39 is 34.5 Å². The van der Waals surface area contributed by atoms with Crippen LogP contribution in [0.4, 0.5) is 23.2 Å². The molecule has 174 valence electrons. The minimum absolute atomic E-state index is 0.0205. The van der Waals surface area contributed by atoms with Crippen molar-refractivity contribution in [3.63, 3.8) is 0 Å². The van der Waals surface area contributed by atoms with Gasteiger partial charge in [0.2, 0.25) is 0 Å². The Bertz CT molecular complexity index is 1080. The highest BCUT2D eigenvalue weighted by molar-refractivity contribution is 7.92. The zero-order valence-corrected chi connectivity index (χ0v) is 18.3. The Morgan fingerprint density at radius 2 is 1.72 bits per heavy atom. The number of nitrogens with one attached hydrogen (secondary N) is 1. The summed E-state index contributed by atoms with van der Waals surface area (Å²) >= 11 is 6.13. The number of carbonyl (C=O) groups excluding carboxylic acids is 1. The second kappa shape index (κ2) is 9.63. The number of benzene rings is 2. The molecular formula is C20H20ClF4N3O3S. The molecule has 3 rings (SSSR count). The van der Waals surface area contributed by atoms with E-state index in [1.54, 1.807) is 0 Å². The van der Waals surface area contributed by atoms with Gasteiger partial charge in [0, 0.05) is 31.9 Å². The fourth-order valence-electron chi connectivity index (χ4n) is 3.32. The molecule has 0 bridgehead atoms. The smallest absolute Gasteiger partial charge is 0.337 e. The van der Waals surface area contributed by atoms with Crippen LogP contribution in [0.1, 0.15) is 16.8 Å². The second-order valence-corrected chi connectivity index (χ2v) is 9.38. The number of halogens is 5. The number of anilines is 1. The number of hydrogen-bond donors (Lipinski definition) is 1. The van der Waals surface area contributed by atoms with Crippen LogP contribution in [0.3, 0.4) is 0 Å². The lowest BCUT2D eigenvalue weighted by Crippen LogP contribution is -2.38. The van der Waals surface area contributed by atoms with Crippen molar-refractivity contribution >= 4 is 33.2 Å². The molecule has 0 unspecified atom stereocenters. The summed E-state index contributed by atoms with van der Waals surface area (Å²) < 4.78 is 78.7. The largest absolute Gasteiger partial charge is 0.401 e. The monoisotopic (exact) mass is 493 g/mol. The predicted octanol–water partition coefficient (Wildman–Crippen LogP) is 3.99. The molecule has 0 radical (unpaired) electrons. The number of carbonyl (C=O) groups is 1. The summed E-state index contributed by atoms with van der Waals surface area (Å²) in [6.45, 7) is -0.567. The van der Waals surface area contributed by atoms with E-state index in [2.05, 4.69) is 4.72 Å². The molecule has 1 amide bonds. The fourth-order valence-corrected chi connectivity index (χ4v) is 4.61. The zero-order valence-electron chi connectivity index (χ0n) is 16.7. The van der Waals surface area contributed by atoms with Crippen molar-refractivity contribution in [1.29, 1.82) is 0 Å². The molecule has 1 heterocycles. The van der Waals surface area contributed by atoms with Crippen molar-refractivity contribution < 1.29 is 30.8 Å². The summed E-state index contributed by atoms with van der Waals surface area (Å²) in [5, 5.41) is 0.0205. The van der Waals surface area contributed by atoms with Gasteiger partial charge in [0.25, 0.3) is 15.9 Å². The van der Waals surface area contributed by atoms with Gasteiger partial charge in [-0.3, -0.25) is 14.4 Å². The maximum atomic E-state index is 13.0. The maximum absolute atomic E-state index is 13.0. The molecule has 1 N–H and O–H groups in total. The number of alkyl halides is 3. The molecule has 2 aromatic carbocycles. The van der Waals surface area contributed by atoms with Crippen molar-refractivity contribution in [3.05, 3.63) is 58.9 Å². The van der Waals surface area contributed by atoms with Crippen LogP contribution in [-0.2, 0) is 10.0 Å². The molecule has 0 spiro atoms. The quantitative estimate of drug-likeness (QED) is 0.639. The first kappa shape index (κ1) is 24.3. The van der Waals surface area contributed by atoms with Crippen LogP contribution in [0, 0.1) is 5.82 Å². The molecular weight excluding hydrogens is 474 g/mol. The normalized spacial score (nSPS) is 16.0. The Balaban J connectivity index is 1.77. The molecule has 32 heavy (non-hydrogen) atoms. The molecule has 1 aliphatic rings. The fraction of sp³-hybridized carbons (Fsp3) is 0.350. The Hall–Kier alpha value is -2.37. The summed E-state index contributed by atoms with van der Waals surface area (Å²) in [6, 6.07) is 8.29. The molecule has 1 aliphatic heterocycles. The summed E-state index contributed by atoms with van der Waals surface area (Å²) in [5.74, 6) is -1.10. The Morgan fingerprint density at radius 3 is 2.38 bits per heavy atom. The highest BCUT2D eigenvalue weighted by atomic mass is 35.5. The SMILES string of the molecule is O=C(c1cc(S(=O)(=O)Nc2ccc(F)cc2)ccc1Cl)N1CCCN(CC(F)(F)F)CC1. The van der Waals surface area contributed by atoms with Crippen LogP contribution < -0.4 is 4.72 Å². The second-order valence-electron chi connectivity index (χ2n) is 7.29. The summed E-state index contributed by atoms with van der Waals surface area (Å²) in [4.78, 5) is 15.3. The Labute approximate surface area is 187 Å². The van der Waals surface area contributed by atoms with Gasteiger partial charge in [-0.1, -0.05) is 11.6 Å². The summed E-state index contributed by atoms with van der Waals surface area (Å²) in [7, 11) is -4.10. The minimum Gasteiger partial charge on any atom is -0.337 e. The van der Waals surface area contributed by atoms with Gasteiger partial charge in [-0.15, -0.1) is 0 Å². The van der Waals surface area contributed by atoms with E-state index in [-0.39, 0.29) is 47.3 Å². The summed E-state index contributed by atoms with van der Waals surface area (Å²) in [6.07, 6.45) is -3.99. The van der Waals surface area contributed by atoms with E-state index in [1.807, 2.05) is 0 Å². The molecule has 6 nitrogen and oxygen atoms in total. The maximum Gasteiger partial charge on any atom is 0.401 e. The van der Waals surface area contributed by atoms with Gasteiger partial charge in [0.05, 0.1) is 22.0 Å². The average Bonchev–Trinajstić information content (AvgIpc) is 2.93. The highest BCUT2D eigenvalue weighted by Gasteiger charge is 2.32. The first-order chi connectivity index (χ1) is 14.9. The highest BCUT2D eigenvalue weighted by Crippen LogP contribution is 2.25. The Kier molecular flexibility index (Phi) is 7.31. The van der Waals surface area contributed by atoms with Crippen LogP contribution >= 0.6 is 11.6 Å². The minimum atomic E-state index is -4.33. The van der Waals surface area contributed by atoms with Gasteiger partial charge < -0.3 is 4.90 Å². The number of sulfonamides is 1. The third-order valence-corrected chi connectivity index (χ3v) is 6.56. The lowest BCUT2D eigenvalue weighted by atomic mass is 10.2. The van der Waals surface area contributed by atoms with E-state index in [0.717, 1.165) is 18.2 Å². The van der Waals surface area contributed by atoms with E-state index >= 15 is 0 Å². The Morgan fingerprint density at radius 1 is 1.03 bits per heavy atom. The predicted molar refractivity (Wildman–Crippen MR) is 112 cm³/mol. The molecule has 2 aromatic rings. The summed E-state index contributed by atoms with van der Waals surface area (Å²) in [5.41, 5.74) is 0.0596. The first-order valence-corrected chi connectivity index (χ1v) is 11.5.